The number of piperazine rings is 1. The maximum atomic E-state index is 13.9. The van der Waals surface area contributed by atoms with Gasteiger partial charge in [0.25, 0.3) is 5.91 Å². The Balaban J connectivity index is 0.00000131. The fourth-order valence-corrected chi connectivity index (χ4v) is 4.47. The molecule has 0 bridgehead atoms. The van der Waals surface area contributed by atoms with E-state index in [9.17, 15) is 9.18 Å². The standard InChI is InChI=1S/C18H21FN4OS.2ClH/c19-15-4-2-1-3-14(15)17-21-11-16(25-17)18(24)23-8-5-13(12-23)22-9-6-20-7-10-22;;/h1-4,11,13,20H,5-10,12H2;2*1H. The molecule has 27 heavy (non-hydrogen) atoms. The Morgan fingerprint density at radius 3 is 2.67 bits per heavy atom. The van der Waals surface area contributed by atoms with Crippen LogP contribution in [-0.2, 0) is 0 Å². The van der Waals surface area contributed by atoms with Crippen molar-refractivity contribution in [2.24, 2.45) is 0 Å². The van der Waals surface area contributed by atoms with Crippen LogP contribution >= 0.6 is 36.2 Å². The Kier molecular flexibility index (Phi) is 8.00. The van der Waals surface area contributed by atoms with Crippen molar-refractivity contribution in [3.63, 3.8) is 0 Å². The molecule has 1 N–H and O–H groups in total. The molecule has 2 fully saturated rings. The van der Waals surface area contributed by atoms with E-state index in [2.05, 4.69) is 15.2 Å². The van der Waals surface area contributed by atoms with Gasteiger partial charge in [0.15, 0.2) is 0 Å². The molecule has 0 spiro atoms. The van der Waals surface area contributed by atoms with Crippen molar-refractivity contribution in [3.8, 4) is 10.6 Å². The first-order valence-electron chi connectivity index (χ1n) is 8.67. The zero-order valence-corrected chi connectivity index (χ0v) is 17.2. The summed E-state index contributed by atoms with van der Waals surface area (Å²) < 4.78 is 13.9. The number of hydrogen-bond donors (Lipinski definition) is 1. The fraction of sp³-hybridized carbons (Fsp3) is 0.444. The molecule has 3 heterocycles. The van der Waals surface area contributed by atoms with Gasteiger partial charge in [-0.1, -0.05) is 12.1 Å². The summed E-state index contributed by atoms with van der Waals surface area (Å²) in [4.78, 5) is 22.0. The van der Waals surface area contributed by atoms with E-state index < -0.39 is 0 Å². The summed E-state index contributed by atoms with van der Waals surface area (Å²) in [6, 6.07) is 6.99. The molecule has 2 aromatic rings. The molecule has 1 aromatic heterocycles. The lowest BCUT2D eigenvalue weighted by Crippen LogP contribution is -2.49. The molecule has 0 radical (unpaired) electrons. The molecule has 1 unspecified atom stereocenters. The van der Waals surface area contributed by atoms with Gasteiger partial charge in [0, 0.05) is 50.9 Å². The van der Waals surface area contributed by atoms with Gasteiger partial charge in [0.1, 0.15) is 15.7 Å². The van der Waals surface area contributed by atoms with E-state index in [0.717, 1.165) is 45.7 Å². The van der Waals surface area contributed by atoms with Crippen LogP contribution in [0.3, 0.4) is 0 Å². The monoisotopic (exact) mass is 432 g/mol. The number of nitrogens with zero attached hydrogens (tertiary/aromatic N) is 3. The third-order valence-electron chi connectivity index (χ3n) is 4.94. The molecule has 0 saturated carbocycles. The van der Waals surface area contributed by atoms with Crippen LogP contribution in [0.4, 0.5) is 4.39 Å². The molecule has 2 saturated heterocycles. The lowest BCUT2D eigenvalue weighted by Gasteiger charge is -2.32. The summed E-state index contributed by atoms with van der Waals surface area (Å²) >= 11 is 1.27. The van der Waals surface area contributed by atoms with Crippen molar-refractivity contribution >= 4 is 42.1 Å². The third kappa shape index (κ3) is 4.78. The highest BCUT2D eigenvalue weighted by Gasteiger charge is 2.32. The van der Waals surface area contributed by atoms with Crippen LogP contribution in [0, 0.1) is 5.82 Å². The molecule has 1 atom stereocenters. The van der Waals surface area contributed by atoms with Crippen LogP contribution in [0.5, 0.6) is 0 Å². The van der Waals surface area contributed by atoms with Crippen LogP contribution in [-0.4, -0.2) is 66.0 Å². The van der Waals surface area contributed by atoms with Crippen molar-refractivity contribution in [1.82, 2.24) is 20.1 Å². The van der Waals surface area contributed by atoms with Gasteiger partial charge < -0.3 is 10.2 Å². The summed E-state index contributed by atoms with van der Waals surface area (Å²) in [6.07, 6.45) is 2.59. The van der Waals surface area contributed by atoms with Gasteiger partial charge in [0.05, 0.1) is 6.20 Å². The number of benzene rings is 1. The lowest BCUT2D eigenvalue weighted by molar-refractivity contribution is 0.0778. The van der Waals surface area contributed by atoms with Gasteiger partial charge in [-0.25, -0.2) is 9.37 Å². The number of likely N-dealkylation sites (tertiary alicyclic amines) is 1. The molecule has 1 aromatic carbocycles. The number of aromatic nitrogens is 1. The summed E-state index contributed by atoms with van der Waals surface area (Å²) in [5.74, 6) is -0.298. The smallest absolute Gasteiger partial charge is 0.265 e. The SMILES string of the molecule is Cl.Cl.O=C(c1cnc(-c2ccccc2F)s1)N1CCC(N2CCNCC2)C1. The number of carbonyl (C=O) groups excluding carboxylic acids is 1. The van der Waals surface area contributed by atoms with Crippen molar-refractivity contribution in [2.75, 3.05) is 39.3 Å². The minimum Gasteiger partial charge on any atom is -0.336 e. The molecule has 0 aliphatic carbocycles. The summed E-state index contributed by atoms with van der Waals surface area (Å²) in [5, 5.41) is 3.92. The molecule has 4 rings (SSSR count). The third-order valence-corrected chi connectivity index (χ3v) is 5.96. The molecule has 148 valence electrons. The Morgan fingerprint density at radius 1 is 1.19 bits per heavy atom. The second-order valence-electron chi connectivity index (χ2n) is 6.49. The quantitative estimate of drug-likeness (QED) is 0.809. The molecule has 9 heteroatoms. The average molecular weight is 433 g/mol. The molecule has 2 aliphatic rings. The lowest BCUT2D eigenvalue weighted by atomic mass is 10.2. The van der Waals surface area contributed by atoms with Crippen LogP contribution in [0.1, 0.15) is 16.1 Å². The largest absolute Gasteiger partial charge is 0.336 e. The number of amides is 1. The normalized spacial score (nSPS) is 20.0. The van der Waals surface area contributed by atoms with E-state index in [0.29, 0.717) is 21.5 Å². The van der Waals surface area contributed by atoms with Gasteiger partial charge in [0.2, 0.25) is 0 Å². The number of hydrogen-bond acceptors (Lipinski definition) is 5. The molecular formula is C18H23Cl2FN4OS. The minimum atomic E-state index is -0.309. The van der Waals surface area contributed by atoms with Crippen molar-refractivity contribution in [1.29, 1.82) is 0 Å². The number of carbonyl (C=O) groups is 1. The zero-order chi connectivity index (χ0) is 17.2. The molecule has 1 amide bonds. The van der Waals surface area contributed by atoms with Gasteiger partial charge in [-0.15, -0.1) is 36.2 Å². The number of nitrogens with one attached hydrogen (secondary N) is 1. The van der Waals surface area contributed by atoms with Gasteiger partial charge in [-0.2, -0.15) is 0 Å². The highest BCUT2D eigenvalue weighted by molar-refractivity contribution is 7.16. The Hall–Kier alpha value is -1.25. The second-order valence-corrected chi connectivity index (χ2v) is 7.52. The first kappa shape index (κ1) is 22.0. The zero-order valence-electron chi connectivity index (χ0n) is 14.8. The predicted octanol–water partition coefficient (Wildman–Crippen LogP) is 2.91. The van der Waals surface area contributed by atoms with E-state index >= 15 is 0 Å². The second kappa shape index (κ2) is 9.80. The summed E-state index contributed by atoms with van der Waals surface area (Å²) in [7, 11) is 0. The topological polar surface area (TPSA) is 48.5 Å². The van der Waals surface area contributed by atoms with E-state index in [-0.39, 0.29) is 36.5 Å². The Labute approximate surface area is 174 Å². The first-order valence-corrected chi connectivity index (χ1v) is 9.49. The van der Waals surface area contributed by atoms with E-state index in [1.165, 1.54) is 17.4 Å². The Bertz CT molecular complexity index is 769. The number of halogens is 3. The van der Waals surface area contributed by atoms with E-state index in [1.54, 1.807) is 24.4 Å². The summed E-state index contributed by atoms with van der Waals surface area (Å²) in [6.45, 7) is 5.68. The highest BCUT2D eigenvalue weighted by atomic mass is 35.5. The van der Waals surface area contributed by atoms with Gasteiger partial charge in [-0.05, 0) is 18.6 Å². The predicted molar refractivity (Wildman–Crippen MR) is 111 cm³/mol. The minimum absolute atomic E-state index is 0. The van der Waals surface area contributed by atoms with Crippen molar-refractivity contribution in [2.45, 2.75) is 12.5 Å². The van der Waals surface area contributed by atoms with Crippen molar-refractivity contribution < 1.29 is 9.18 Å². The van der Waals surface area contributed by atoms with Crippen molar-refractivity contribution in [3.05, 3.63) is 41.2 Å². The molecular weight excluding hydrogens is 410 g/mol. The highest BCUT2D eigenvalue weighted by Crippen LogP contribution is 2.29. The number of rotatable bonds is 3. The Morgan fingerprint density at radius 2 is 1.93 bits per heavy atom. The van der Waals surface area contributed by atoms with Crippen LogP contribution in [0.15, 0.2) is 30.5 Å². The summed E-state index contributed by atoms with van der Waals surface area (Å²) in [5.41, 5.74) is 0.451. The van der Waals surface area contributed by atoms with Gasteiger partial charge >= 0.3 is 0 Å². The average Bonchev–Trinajstić information content (AvgIpc) is 3.32. The van der Waals surface area contributed by atoms with Crippen LogP contribution in [0.25, 0.3) is 10.6 Å². The van der Waals surface area contributed by atoms with E-state index in [1.807, 2.05) is 4.90 Å². The number of thiazole rings is 1. The first-order chi connectivity index (χ1) is 12.2. The molecule has 5 nitrogen and oxygen atoms in total. The molecule has 2 aliphatic heterocycles. The van der Waals surface area contributed by atoms with Crippen LogP contribution in [0.2, 0.25) is 0 Å². The van der Waals surface area contributed by atoms with E-state index in [4.69, 9.17) is 0 Å². The maximum absolute atomic E-state index is 13.9. The van der Waals surface area contributed by atoms with Gasteiger partial charge in [-0.3, -0.25) is 9.69 Å². The fourth-order valence-electron chi connectivity index (χ4n) is 3.56. The van der Waals surface area contributed by atoms with Crippen LogP contribution < -0.4 is 5.32 Å². The maximum Gasteiger partial charge on any atom is 0.265 e.